The van der Waals surface area contributed by atoms with Gasteiger partial charge >= 0.3 is 35.9 Å². The third-order valence-electron chi connectivity index (χ3n) is 7.86. The number of carbonyl (C=O) groups is 6. The van der Waals surface area contributed by atoms with Crippen LogP contribution in [0.4, 0.5) is 10.5 Å². The number of aromatic amines is 1. The lowest BCUT2D eigenvalue weighted by Gasteiger charge is -2.25. The standard InChI is InChI=1S/C38H38N2O12/c1-21(41)49-32(23-13-9-7-10-14-23)35(44)48-20-25-19-40(37(46)52-38(3,4)5)28-18-29(31-26(30(25)28)17-27(39-31)34(43)47-6)51-36(45)33(50-22(2)42)24-15-11-8-12-16-24/h7-18,25,32-33,39H,19-20H2,1-6H3/t25-,32+,33+/m0/s1. The molecule has 1 aliphatic heterocycles. The number of carbonyl (C=O) groups excluding carboxylic acids is 6. The first kappa shape index (κ1) is 37.1. The number of nitrogens with one attached hydrogen (secondary N) is 1. The summed E-state index contributed by atoms with van der Waals surface area (Å²) in [4.78, 5) is 81.7. The summed E-state index contributed by atoms with van der Waals surface area (Å²) in [5.41, 5.74) is 0.719. The maximum Gasteiger partial charge on any atom is 0.414 e. The third-order valence-corrected chi connectivity index (χ3v) is 7.86. The zero-order valence-electron chi connectivity index (χ0n) is 29.4. The van der Waals surface area contributed by atoms with Crippen molar-refractivity contribution in [3.05, 3.63) is 95.2 Å². The van der Waals surface area contributed by atoms with Crippen LogP contribution in [-0.4, -0.2) is 66.8 Å². The fourth-order valence-corrected chi connectivity index (χ4v) is 5.77. The van der Waals surface area contributed by atoms with Gasteiger partial charge in [-0.25, -0.2) is 19.2 Å². The quantitative estimate of drug-likeness (QED) is 0.118. The van der Waals surface area contributed by atoms with Gasteiger partial charge in [-0.2, -0.15) is 0 Å². The minimum atomic E-state index is -1.44. The Kier molecular flexibility index (Phi) is 11.0. The number of aromatic nitrogens is 1. The highest BCUT2D eigenvalue weighted by atomic mass is 16.6. The Bertz CT molecular complexity index is 2000. The number of ether oxygens (including phenoxy) is 6. The molecule has 3 aromatic carbocycles. The van der Waals surface area contributed by atoms with E-state index in [1.165, 1.54) is 31.1 Å². The van der Waals surface area contributed by atoms with Crippen molar-refractivity contribution in [3.63, 3.8) is 0 Å². The van der Waals surface area contributed by atoms with Gasteiger partial charge in [-0.3, -0.25) is 14.5 Å². The Balaban J connectivity index is 1.59. The summed E-state index contributed by atoms with van der Waals surface area (Å²) in [7, 11) is 1.20. The van der Waals surface area contributed by atoms with Crippen molar-refractivity contribution in [1.29, 1.82) is 0 Å². The number of H-pyrrole nitrogens is 1. The number of rotatable bonds is 10. The largest absolute Gasteiger partial charge is 0.464 e. The van der Waals surface area contributed by atoms with Gasteiger partial charge in [0.1, 0.15) is 17.9 Å². The zero-order valence-corrected chi connectivity index (χ0v) is 29.4. The molecule has 14 heteroatoms. The molecule has 0 saturated heterocycles. The van der Waals surface area contributed by atoms with E-state index in [0.29, 0.717) is 22.1 Å². The van der Waals surface area contributed by atoms with Crippen LogP contribution in [0.1, 0.15) is 79.9 Å². The number of benzene rings is 3. The lowest BCUT2D eigenvalue weighted by Crippen LogP contribution is -2.36. The Morgan fingerprint density at radius 2 is 1.38 bits per heavy atom. The Morgan fingerprint density at radius 3 is 1.90 bits per heavy atom. The summed E-state index contributed by atoms with van der Waals surface area (Å²) in [5.74, 6) is -4.76. The van der Waals surface area contributed by atoms with Crippen molar-refractivity contribution >= 4 is 52.5 Å². The first-order valence-corrected chi connectivity index (χ1v) is 16.3. The number of hydrogen-bond donors (Lipinski definition) is 1. The molecule has 1 amide bonds. The number of nitrogens with zero attached hydrogens (tertiary/aromatic N) is 1. The van der Waals surface area contributed by atoms with Crippen LogP contribution >= 0.6 is 0 Å². The number of methoxy groups -OCH3 is 1. The first-order chi connectivity index (χ1) is 24.7. The molecule has 5 rings (SSSR count). The molecule has 0 aliphatic carbocycles. The summed E-state index contributed by atoms with van der Waals surface area (Å²) < 4.78 is 32.9. The Labute approximate surface area is 298 Å². The minimum absolute atomic E-state index is 0.00624. The Hall–Kier alpha value is -6.18. The molecule has 272 valence electrons. The van der Waals surface area contributed by atoms with Crippen LogP contribution in [0.3, 0.4) is 0 Å². The van der Waals surface area contributed by atoms with E-state index in [4.69, 9.17) is 28.4 Å². The first-order valence-electron chi connectivity index (χ1n) is 16.3. The van der Waals surface area contributed by atoms with Gasteiger partial charge < -0.3 is 33.4 Å². The van der Waals surface area contributed by atoms with E-state index >= 15 is 0 Å². The molecule has 0 radical (unpaired) electrons. The van der Waals surface area contributed by atoms with Gasteiger partial charge in [0.2, 0.25) is 12.2 Å². The summed E-state index contributed by atoms with van der Waals surface area (Å²) in [6, 6.07) is 19.5. The number of hydrogen-bond acceptors (Lipinski definition) is 12. The molecule has 2 heterocycles. The van der Waals surface area contributed by atoms with Gasteiger partial charge in [-0.05, 0) is 32.4 Å². The highest BCUT2D eigenvalue weighted by Crippen LogP contribution is 2.46. The predicted molar refractivity (Wildman–Crippen MR) is 184 cm³/mol. The van der Waals surface area contributed by atoms with Crippen molar-refractivity contribution in [2.75, 3.05) is 25.2 Å². The van der Waals surface area contributed by atoms with Crippen LogP contribution in [0.25, 0.3) is 10.9 Å². The number of esters is 5. The molecule has 0 spiro atoms. The summed E-state index contributed by atoms with van der Waals surface area (Å²) in [5, 5.41) is 0.344. The minimum Gasteiger partial charge on any atom is -0.464 e. The van der Waals surface area contributed by atoms with Crippen molar-refractivity contribution in [2.45, 2.75) is 58.3 Å². The molecule has 1 aromatic heterocycles. The van der Waals surface area contributed by atoms with Crippen LogP contribution in [-0.2, 0) is 42.9 Å². The van der Waals surface area contributed by atoms with Gasteiger partial charge in [0, 0.05) is 48.9 Å². The summed E-state index contributed by atoms with van der Waals surface area (Å²) in [6.07, 6.45) is -3.54. The van der Waals surface area contributed by atoms with E-state index < -0.39 is 59.7 Å². The van der Waals surface area contributed by atoms with Crippen molar-refractivity contribution in [2.24, 2.45) is 0 Å². The average molecular weight is 715 g/mol. The fraction of sp³-hybridized carbons (Fsp3) is 0.316. The molecule has 1 aliphatic rings. The number of anilines is 1. The summed E-state index contributed by atoms with van der Waals surface area (Å²) >= 11 is 0. The van der Waals surface area contributed by atoms with Gasteiger partial charge in [0.05, 0.1) is 18.3 Å². The molecule has 3 atom stereocenters. The van der Waals surface area contributed by atoms with Gasteiger partial charge in [-0.15, -0.1) is 0 Å². The SMILES string of the molecule is COC(=O)c1cc2c3c(cc(OC(=O)[C@H](OC(C)=O)c4ccccc4)c2[nH]1)N(C(=O)OC(C)(C)C)C[C@H]3COC(=O)[C@H](OC(C)=O)c1ccccc1. The molecule has 52 heavy (non-hydrogen) atoms. The lowest BCUT2D eigenvalue weighted by atomic mass is 9.97. The molecule has 4 aromatic rings. The van der Waals surface area contributed by atoms with Crippen molar-refractivity contribution in [1.82, 2.24) is 4.98 Å². The van der Waals surface area contributed by atoms with Crippen LogP contribution in [0, 0.1) is 0 Å². The maximum atomic E-state index is 13.7. The summed E-state index contributed by atoms with van der Waals surface area (Å²) in [6.45, 7) is 7.09. The number of amides is 1. The molecular formula is C38H38N2O12. The fourth-order valence-electron chi connectivity index (χ4n) is 5.77. The van der Waals surface area contributed by atoms with E-state index in [1.54, 1.807) is 81.4 Å². The molecule has 0 unspecified atom stereocenters. The predicted octanol–water partition coefficient (Wildman–Crippen LogP) is 5.85. The second-order valence-corrected chi connectivity index (χ2v) is 12.9. The molecule has 1 N–H and O–H groups in total. The van der Waals surface area contributed by atoms with E-state index in [2.05, 4.69) is 4.98 Å². The third kappa shape index (κ3) is 8.40. The van der Waals surface area contributed by atoms with Gasteiger partial charge in [0.25, 0.3) is 0 Å². The molecular weight excluding hydrogens is 676 g/mol. The smallest absolute Gasteiger partial charge is 0.414 e. The topological polar surface area (TPSA) is 177 Å². The second kappa shape index (κ2) is 15.4. The van der Waals surface area contributed by atoms with Gasteiger partial charge in [0.15, 0.2) is 5.75 Å². The van der Waals surface area contributed by atoms with Crippen molar-refractivity contribution < 1.29 is 57.2 Å². The molecule has 14 nitrogen and oxygen atoms in total. The number of fused-ring (bicyclic) bond motifs is 3. The molecule has 0 saturated carbocycles. The second-order valence-electron chi connectivity index (χ2n) is 12.9. The van der Waals surface area contributed by atoms with E-state index in [0.717, 1.165) is 6.92 Å². The lowest BCUT2D eigenvalue weighted by molar-refractivity contribution is -0.167. The molecule has 0 bridgehead atoms. The van der Waals surface area contributed by atoms with Gasteiger partial charge in [-0.1, -0.05) is 60.7 Å². The van der Waals surface area contributed by atoms with Crippen molar-refractivity contribution in [3.8, 4) is 5.75 Å². The van der Waals surface area contributed by atoms with Crippen LogP contribution in [0.15, 0.2) is 72.8 Å². The van der Waals surface area contributed by atoms with Crippen LogP contribution in [0.5, 0.6) is 5.75 Å². The van der Waals surface area contributed by atoms with Crippen LogP contribution in [0.2, 0.25) is 0 Å². The molecule has 0 fully saturated rings. The zero-order chi connectivity index (χ0) is 37.7. The van der Waals surface area contributed by atoms with E-state index in [-0.39, 0.29) is 35.8 Å². The highest BCUT2D eigenvalue weighted by molar-refractivity contribution is 6.05. The van der Waals surface area contributed by atoms with Crippen LogP contribution < -0.4 is 9.64 Å². The average Bonchev–Trinajstić information content (AvgIpc) is 3.70. The van der Waals surface area contributed by atoms with E-state index in [1.807, 2.05) is 0 Å². The highest BCUT2D eigenvalue weighted by Gasteiger charge is 2.40. The maximum absolute atomic E-state index is 13.7. The monoisotopic (exact) mass is 714 g/mol. The Morgan fingerprint density at radius 1 is 0.827 bits per heavy atom. The normalized spacial score (nSPS) is 14.8. The van der Waals surface area contributed by atoms with E-state index in [9.17, 15) is 28.8 Å².